The first-order valence-corrected chi connectivity index (χ1v) is 12.5. The molecule has 1 aliphatic heterocycles. The number of methoxy groups -OCH3 is 1. The van der Waals surface area contributed by atoms with Crippen LogP contribution < -0.4 is 14.8 Å². The van der Waals surface area contributed by atoms with E-state index in [1.807, 2.05) is 19.1 Å². The number of benzene rings is 2. The number of hydrogen-bond donors (Lipinski definition) is 2. The van der Waals surface area contributed by atoms with E-state index in [1.54, 1.807) is 18.2 Å². The number of sulfonamides is 1. The molecular weight excluding hydrogens is 426 g/mol. The zero-order valence-electron chi connectivity index (χ0n) is 19.2. The van der Waals surface area contributed by atoms with E-state index in [1.165, 1.54) is 32.1 Å². The van der Waals surface area contributed by atoms with Gasteiger partial charge >= 0.3 is 0 Å². The predicted octanol–water partition coefficient (Wildman–Crippen LogP) is 3.65. The van der Waals surface area contributed by atoms with E-state index in [0.29, 0.717) is 12.2 Å². The first kappa shape index (κ1) is 24.1. The average molecular weight is 460 g/mol. The number of likely N-dealkylation sites (tertiary alicyclic amines) is 1. The Morgan fingerprint density at radius 1 is 1.16 bits per heavy atom. The normalized spacial score (nSPS) is 16.4. The van der Waals surface area contributed by atoms with Crippen molar-refractivity contribution in [2.45, 2.75) is 44.6 Å². The van der Waals surface area contributed by atoms with E-state index in [0.717, 1.165) is 24.6 Å². The van der Waals surface area contributed by atoms with Gasteiger partial charge in [0.1, 0.15) is 10.6 Å². The van der Waals surface area contributed by atoms with Crippen LogP contribution in [0.1, 0.15) is 42.6 Å². The number of aryl methyl sites for hydroxylation is 1. The van der Waals surface area contributed by atoms with Crippen LogP contribution in [-0.4, -0.2) is 52.0 Å². The van der Waals surface area contributed by atoms with Gasteiger partial charge in [0, 0.05) is 23.8 Å². The first-order chi connectivity index (χ1) is 15.2. The Morgan fingerprint density at radius 3 is 2.44 bits per heavy atom. The molecule has 1 fully saturated rings. The van der Waals surface area contributed by atoms with Crippen molar-refractivity contribution in [1.29, 1.82) is 0 Å². The molecular formula is C24H33N3O4S. The van der Waals surface area contributed by atoms with Crippen LogP contribution in [0, 0.1) is 12.8 Å². The van der Waals surface area contributed by atoms with Crippen molar-refractivity contribution in [3.05, 3.63) is 53.6 Å². The van der Waals surface area contributed by atoms with Gasteiger partial charge in [0.15, 0.2) is 0 Å². The fourth-order valence-electron chi connectivity index (χ4n) is 3.80. The lowest BCUT2D eigenvalue weighted by atomic mass is 9.98. The summed E-state index contributed by atoms with van der Waals surface area (Å²) in [5, 5.41) is 2.94. The van der Waals surface area contributed by atoms with Crippen LogP contribution in [0.3, 0.4) is 0 Å². The summed E-state index contributed by atoms with van der Waals surface area (Å²) in [6.45, 7) is 8.87. The van der Waals surface area contributed by atoms with E-state index in [9.17, 15) is 13.2 Å². The Morgan fingerprint density at radius 2 is 1.81 bits per heavy atom. The zero-order valence-corrected chi connectivity index (χ0v) is 20.0. The molecule has 174 valence electrons. The van der Waals surface area contributed by atoms with Gasteiger partial charge in [-0.2, -0.15) is 0 Å². The van der Waals surface area contributed by atoms with Crippen LogP contribution in [0.25, 0.3) is 0 Å². The van der Waals surface area contributed by atoms with E-state index < -0.39 is 10.0 Å². The summed E-state index contributed by atoms with van der Waals surface area (Å²) in [7, 11) is -2.54. The number of anilines is 1. The zero-order chi connectivity index (χ0) is 23.3. The van der Waals surface area contributed by atoms with Gasteiger partial charge in [0.2, 0.25) is 0 Å². The van der Waals surface area contributed by atoms with Crippen molar-refractivity contribution in [3.8, 4) is 5.75 Å². The van der Waals surface area contributed by atoms with Crippen molar-refractivity contribution in [3.63, 3.8) is 0 Å². The van der Waals surface area contributed by atoms with Crippen LogP contribution in [0.15, 0.2) is 47.4 Å². The molecule has 1 saturated heterocycles. The van der Waals surface area contributed by atoms with Crippen molar-refractivity contribution >= 4 is 21.6 Å². The highest BCUT2D eigenvalue weighted by Gasteiger charge is 2.23. The molecule has 32 heavy (non-hydrogen) atoms. The van der Waals surface area contributed by atoms with Gasteiger partial charge in [-0.05, 0) is 76.0 Å². The fourth-order valence-corrected chi connectivity index (χ4v) is 5.06. The number of carbonyl (C=O) groups excluding carboxylic acids is 1. The summed E-state index contributed by atoms with van der Waals surface area (Å²) in [6.07, 6.45) is 2.35. The van der Waals surface area contributed by atoms with Gasteiger partial charge in [-0.25, -0.2) is 8.42 Å². The maximum atomic E-state index is 13.0. The lowest BCUT2D eigenvalue weighted by Crippen LogP contribution is -2.45. The molecule has 0 radical (unpaired) electrons. The minimum atomic E-state index is -3.94. The molecule has 2 aromatic rings. The highest BCUT2D eigenvalue weighted by atomic mass is 32.2. The SMILES string of the molecule is COc1ccc(C(=O)NCC(C)N2CCC(C)CC2)cc1S(=O)(=O)Nc1ccc(C)cc1. The predicted molar refractivity (Wildman–Crippen MR) is 127 cm³/mol. The van der Waals surface area contributed by atoms with Gasteiger partial charge in [-0.1, -0.05) is 24.6 Å². The van der Waals surface area contributed by atoms with Gasteiger partial charge in [0.05, 0.1) is 7.11 Å². The summed E-state index contributed by atoms with van der Waals surface area (Å²) in [5.74, 6) is 0.620. The second-order valence-corrected chi connectivity index (χ2v) is 10.3. The molecule has 1 aliphatic rings. The number of piperidine rings is 1. The van der Waals surface area contributed by atoms with Gasteiger partial charge in [-0.3, -0.25) is 14.4 Å². The average Bonchev–Trinajstić information content (AvgIpc) is 2.78. The molecule has 0 aliphatic carbocycles. The van der Waals surface area contributed by atoms with Gasteiger partial charge < -0.3 is 10.1 Å². The third-order valence-electron chi connectivity index (χ3n) is 6.02. The molecule has 0 spiro atoms. The summed E-state index contributed by atoms with van der Waals surface area (Å²) >= 11 is 0. The van der Waals surface area contributed by atoms with Crippen LogP contribution >= 0.6 is 0 Å². The third-order valence-corrected chi connectivity index (χ3v) is 7.42. The maximum absolute atomic E-state index is 13.0. The minimum absolute atomic E-state index is 0.0775. The fraction of sp³-hybridized carbons (Fsp3) is 0.458. The number of nitrogens with zero attached hydrogens (tertiary/aromatic N) is 1. The Labute approximate surface area is 191 Å². The second kappa shape index (κ2) is 10.4. The van der Waals surface area contributed by atoms with E-state index in [-0.39, 0.29) is 28.2 Å². The summed E-state index contributed by atoms with van der Waals surface area (Å²) in [4.78, 5) is 15.1. The highest BCUT2D eigenvalue weighted by Crippen LogP contribution is 2.27. The van der Waals surface area contributed by atoms with E-state index >= 15 is 0 Å². The molecule has 0 bridgehead atoms. The molecule has 1 amide bonds. The molecule has 0 saturated carbocycles. The number of hydrogen-bond acceptors (Lipinski definition) is 5. The molecule has 7 nitrogen and oxygen atoms in total. The number of ether oxygens (including phenoxy) is 1. The molecule has 2 N–H and O–H groups in total. The minimum Gasteiger partial charge on any atom is -0.495 e. The number of amides is 1. The quantitative estimate of drug-likeness (QED) is 0.629. The van der Waals surface area contributed by atoms with Crippen molar-refractivity contribution in [2.24, 2.45) is 5.92 Å². The highest BCUT2D eigenvalue weighted by molar-refractivity contribution is 7.92. The Bertz CT molecular complexity index is 1030. The van der Waals surface area contributed by atoms with Crippen LogP contribution in [0.4, 0.5) is 5.69 Å². The molecule has 3 rings (SSSR count). The molecule has 1 heterocycles. The number of carbonyl (C=O) groups is 1. The van der Waals surface area contributed by atoms with E-state index in [4.69, 9.17) is 4.74 Å². The summed E-state index contributed by atoms with van der Waals surface area (Å²) < 4.78 is 33.8. The number of rotatable bonds is 8. The lowest BCUT2D eigenvalue weighted by Gasteiger charge is -2.35. The first-order valence-electron chi connectivity index (χ1n) is 11.0. The third kappa shape index (κ3) is 6.01. The Hall–Kier alpha value is -2.58. The molecule has 1 atom stereocenters. The molecule has 1 unspecified atom stereocenters. The Balaban J connectivity index is 1.72. The van der Waals surface area contributed by atoms with Crippen molar-refractivity contribution in [1.82, 2.24) is 10.2 Å². The monoisotopic (exact) mass is 459 g/mol. The molecule has 8 heteroatoms. The largest absolute Gasteiger partial charge is 0.495 e. The molecule has 0 aromatic heterocycles. The Kier molecular flexibility index (Phi) is 7.79. The number of nitrogens with one attached hydrogen (secondary N) is 2. The van der Waals surface area contributed by atoms with Gasteiger partial charge in [0.25, 0.3) is 15.9 Å². The van der Waals surface area contributed by atoms with E-state index in [2.05, 4.69) is 28.8 Å². The smallest absolute Gasteiger partial charge is 0.265 e. The maximum Gasteiger partial charge on any atom is 0.265 e. The summed E-state index contributed by atoms with van der Waals surface area (Å²) in [5.41, 5.74) is 1.74. The van der Waals surface area contributed by atoms with Gasteiger partial charge in [-0.15, -0.1) is 0 Å². The van der Waals surface area contributed by atoms with Crippen molar-refractivity contribution in [2.75, 3.05) is 31.5 Å². The van der Waals surface area contributed by atoms with Crippen LogP contribution in [0.2, 0.25) is 0 Å². The standard InChI is InChI=1S/C24H33N3O4S/c1-17-5-8-21(9-6-17)26-32(29,30)23-15-20(7-10-22(23)31-4)24(28)25-16-19(3)27-13-11-18(2)12-14-27/h5-10,15,18-19,26H,11-14,16H2,1-4H3,(H,25,28). The second-order valence-electron chi connectivity index (χ2n) is 8.61. The topological polar surface area (TPSA) is 87.7 Å². The van der Waals surface area contributed by atoms with Crippen LogP contribution in [-0.2, 0) is 10.0 Å². The van der Waals surface area contributed by atoms with Crippen LogP contribution in [0.5, 0.6) is 5.75 Å². The lowest BCUT2D eigenvalue weighted by molar-refractivity contribution is 0.0921. The summed E-state index contributed by atoms with van der Waals surface area (Å²) in [6, 6.07) is 11.7. The van der Waals surface area contributed by atoms with Crippen molar-refractivity contribution < 1.29 is 17.9 Å². The molecule has 2 aromatic carbocycles.